The predicted octanol–water partition coefficient (Wildman–Crippen LogP) is 3.30. The van der Waals surface area contributed by atoms with Crippen LogP contribution in [0.4, 0.5) is 0 Å². The highest BCUT2D eigenvalue weighted by Gasteiger charge is 2.24. The van der Waals surface area contributed by atoms with E-state index in [-0.39, 0.29) is 11.8 Å². The zero-order valence-electron chi connectivity index (χ0n) is 15.8. The Labute approximate surface area is 158 Å². The highest BCUT2D eigenvalue weighted by Crippen LogP contribution is 2.21. The predicted molar refractivity (Wildman–Crippen MR) is 104 cm³/mol. The Morgan fingerprint density at radius 2 is 1.81 bits per heavy atom. The Kier molecular flexibility index (Phi) is 4.90. The molecule has 1 aromatic heterocycles. The minimum atomic E-state index is 0.103. The lowest BCUT2D eigenvalue weighted by Crippen LogP contribution is -2.48. The molecule has 0 radical (unpaired) electrons. The first-order chi connectivity index (χ1) is 13.1. The Hall–Kier alpha value is -2.73. The minimum Gasteiger partial charge on any atom is -0.338 e. The summed E-state index contributed by atoms with van der Waals surface area (Å²) in [5.74, 6) is 1.76. The smallest absolute Gasteiger partial charge is 0.254 e. The Morgan fingerprint density at radius 1 is 1.07 bits per heavy atom. The van der Waals surface area contributed by atoms with E-state index in [1.165, 1.54) is 0 Å². The molecule has 3 aromatic rings. The molecule has 140 valence electrons. The largest absolute Gasteiger partial charge is 0.338 e. The summed E-state index contributed by atoms with van der Waals surface area (Å²) in [7, 11) is 0. The third kappa shape index (κ3) is 3.71. The van der Waals surface area contributed by atoms with Gasteiger partial charge in [0, 0.05) is 37.7 Å². The summed E-state index contributed by atoms with van der Waals surface area (Å²) in [4.78, 5) is 21.7. The van der Waals surface area contributed by atoms with Crippen molar-refractivity contribution in [3.63, 3.8) is 0 Å². The third-order valence-electron chi connectivity index (χ3n) is 5.04. The summed E-state index contributed by atoms with van der Waals surface area (Å²) >= 11 is 0. The summed E-state index contributed by atoms with van der Waals surface area (Å²) in [6.07, 6.45) is 0. The standard InChI is InChI=1S/C21H24N4O2/c1-15(2)20-22-19(27-23-20)14-24-10-12-25(13-11-24)21(26)18-9-5-7-16-6-3-4-8-17(16)18/h3-9,15H,10-14H2,1-2H3. The molecule has 1 amide bonds. The lowest BCUT2D eigenvalue weighted by atomic mass is 10.0. The van der Waals surface area contributed by atoms with Crippen molar-refractivity contribution in [1.82, 2.24) is 19.9 Å². The van der Waals surface area contributed by atoms with Crippen LogP contribution in [-0.2, 0) is 6.54 Å². The van der Waals surface area contributed by atoms with E-state index in [1.807, 2.05) is 61.2 Å². The van der Waals surface area contributed by atoms with Gasteiger partial charge in [0.1, 0.15) is 0 Å². The van der Waals surface area contributed by atoms with E-state index in [2.05, 4.69) is 15.0 Å². The number of amides is 1. The first-order valence-corrected chi connectivity index (χ1v) is 9.43. The van der Waals surface area contributed by atoms with Gasteiger partial charge < -0.3 is 9.42 Å². The van der Waals surface area contributed by atoms with Crippen LogP contribution in [0.5, 0.6) is 0 Å². The topological polar surface area (TPSA) is 62.5 Å². The quantitative estimate of drug-likeness (QED) is 0.711. The van der Waals surface area contributed by atoms with E-state index in [0.29, 0.717) is 25.5 Å². The van der Waals surface area contributed by atoms with Crippen LogP contribution >= 0.6 is 0 Å². The van der Waals surface area contributed by atoms with E-state index in [1.54, 1.807) is 0 Å². The maximum atomic E-state index is 13.0. The fourth-order valence-electron chi connectivity index (χ4n) is 3.45. The van der Waals surface area contributed by atoms with Gasteiger partial charge in [-0.1, -0.05) is 55.4 Å². The second kappa shape index (κ2) is 7.48. The maximum absolute atomic E-state index is 13.0. The molecule has 0 spiro atoms. The molecule has 6 nitrogen and oxygen atoms in total. The molecule has 1 aliphatic heterocycles. The van der Waals surface area contributed by atoms with E-state index in [0.717, 1.165) is 35.2 Å². The maximum Gasteiger partial charge on any atom is 0.254 e. The highest BCUT2D eigenvalue weighted by molar-refractivity contribution is 6.07. The van der Waals surface area contributed by atoms with E-state index in [9.17, 15) is 4.79 Å². The number of nitrogens with zero attached hydrogens (tertiary/aromatic N) is 4. The molecule has 2 aromatic carbocycles. The Bertz CT molecular complexity index is 937. The van der Waals surface area contributed by atoms with Gasteiger partial charge in [-0.15, -0.1) is 0 Å². The van der Waals surface area contributed by atoms with Gasteiger partial charge in [0.05, 0.1) is 6.54 Å². The first kappa shape index (κ1) is 17.7. The number of benzene rings is 2. The Morgan fingerprint density at radius 3 is 2.56 bits per heavy atom. The number of rotatable bonds is 4. The second-order valence-electron chi connectivity index (χ2n) is 7.30. The molecule has 27 heavy (non-hydrogen) atoms. The van der Waals surface area contributed by atoms with Crippen molar-refractivity contribution >= 4 is 16.7 Å². The van der Waals surface area contributed by atoms with Crippen molar-refractivity contribution in [2.24, 2.45) is 0 Å². The van der Waals surface area contributed by atoms with Crippen molar-refractivity contribution < 1.29 is 9.32 Å². The molecular formula is C21H24N4O2. The monoisotopic (exact) mass is 364 g/mol. The molecule has 1 fully saturated rings. The second-order valence-corrected chi connectivity index (χ2v) is 7.30. The lowest BCUT2D eigenvalue weighted by Gasteiger charge is -2.34. The summed E-state index contributed by atoms with van der Waals surface area (Å²) < 4.78 is 5.34. The molecular weight excluding hydrogens is 340 g/mol. The van der Waals surface area contributed by atoms with Gasteiger partial charge in [0.2, 0.25) is 5.89 Å². The van der Waals surface area contributed by atoms with Crippen LogP contribution in [0.3, 0.4) is 0 Å². The number of piperazine rings is 1. The van der Waals surface area contributed by atoms with Crippen molar-refractivity contribution in [2.45, 2.75) is 26.3 Å². The zero-order valence-corrected chi connectivity index (χ0v) is 15.8. The number of hydrogen-bond donors (Lipinski definition) is 0. The van der Waals surface area contributed by atoms with E-state index in [4.69, 9.17) is 4.52 Å². The van der Waals surface area contributed by atoms with Gasteiger partial charge in [-0.25, -0.2) is 0 Å². The van der Waals surface area contributed by atoms with Crippen LogP contribution in [-0.4, -0.2) is 52.0 Å². The first-order valence-electron chi connectivity index (χ1n) is 9.43. The molecule has 6 heteroatoms. The summed E-state index contributed by atoms with van der Waals surface area (Å²) in [6, 6.07) is 13.9. The molecule has 0 N–H and O–H groups in total. The highest BCUT2D eigenvalue weighted by atomic mass is 16.5. The van der Waals surface area contributed by atoms with Gasteiger partial charge in [0.25, 0.3) is 5.91 Å². The summed E-state index contributed by atoms with van der Waals surface area (Å²) in [5.41, 5.74) is 0.778. The molecule has 1 aliphatic rings. The average Bonchev–Trinajstić information content (AvgIpc) is 3.16. The fourth-order valence-corrected chi connectivity index (χ4v) is 3.45. The summed E-state index contributed by atoms with van der Waals surface area (Å²) in [6.45, 7) is 7.74. The van der Waals surface area contributed by atoms with Crippen molar-refractivity contribution in [2.75, 3.05) is 26.2 Å². The Balaban J connectivity index is 1.40. The number of hydrogen-bond acceptors (Lipinski definition) is 5. The van der Waals surface area contributed by atoms with E-state index >= 15 is 0 Å². The molecule has 2 heterocycles. The van der Waals surface area contributed by atoms with Crippen molar-refractivity contribution in [1.29, 1.82) is 0 Å². The van der Waals surface area contributed by atoms with Crippen LogP contribution in [0.2, 0.25) is 0 Å². The third-order valence-corrected chi connectivity index (χ3v) is 5.04. The lowest BCUT2D eigenvalue weighted by molar-refractivity contribution is 0.0617. The van der Waals surface area contributed by atoms with Crippen LogP contribution in [0.15, 0.2) is 47.0 Å². The number of aromatic nitrogens is 2. The number of carbonyl (C=O) groups excluding carboxylic acids is 1. The molecule has 0 aliphatic carbocycles. The SMILES string of the molecule is CC(C)c1noc(CN2CCN(C(=O)c3cccc4ccccc34)CC2)n1. The van der Waals surface area contributed by atoms with Gasteiger partial charge in [-0.05, 0) is 16.8 Å². The van der Waals surface area contributed by atoms with Crippen LogP contribution in [0.1, 0.15) is 41.8 Å². The van der Waals surface area contributed by atoms with Crippen LogP contribution in [0.25, 0.3) is 10.8 Å². The van der Waals surface area contributed by atoms with Gasteiger partial charge in [-0.2, -0.15) is 4.98 Å². The van der Waals surface area contributed by atoms with Gasteiger partial charge in [-0.3, -0.25) is 9.69 Å². The van der Waals surface area contributed by atoms with Crippen molar-refractivity contribution in [3.8, 4) is 0 Å². The van der Waals surface area contributed by atoms with Gasteiger partial charge in [0.15, 0.2) is 5.82 Å². The number of carbonyl (C=O) groups is 1. The molecule has 1 saturated heterocycles. The molecule has 0 unspecified atom stereocenters. The van der Waals surface area contributed by atoms with Gasteiger partial charge >= 0.3 is 0 Å². The van der Waals surface area contributed by atoms with Crippen LogP contribution < -0.4 is 0 Å². The van der Waals surface area contributed by atoms with Crippen LogP contribution in [0, 0.1) is 0 Å². The number of fused-ring (bicyclic) bond motifs is 1. The van der Waals surface area contributed by atoms with Crippen molar-refractivity contribution in [3.05, 3.63) is 59.7 Å². The fraction of sp³-hybridized carbons (Fsp3) is 0.381. The average molecular weight is 364 g/mol. The molecule has 0 bridgehead atoms. The molecule has 0 atom stereocenters. The molecule has 0 saturated carbocycles. The summed E-state index contributed by atoms with van der Waals surface area (Å²) in [5, 5.41) is 6.13. The zero-order chi connectivity index (χ0) is 18.8. The molecule has 4 rings (SSSR count). The minimum absolute atomic E-state index is 0.103. The van der Waals surface area contributed by atoms with E-state index < -0.39 is 0 Å². The normalized spacial score (nSPS) is 15.6.